The molecule has 7 heteroatoms. The fourth-order valence-corrected chi connectivity index (χ4v) is 1.96. The molecule has 1 amide bonds. The van der Waals surface area contributed by atoms with Crippen LogP contribution < -0.4 is 10.6 Å². The van der Waals surface area contributed by atoms with Gasteiger partial charge in [0.05, 0.1) is 12.8 Å². The fraction of sp³-hybridized carbons (Fsp3) is 0.364. The van der Waals surface area contributed by atoms with Crippen molar-refractivity contribution >= 4 is 22.4 Å². The Balaban J connectivity index is 1.86. The van der Waals surface area contributed by atoms with E-state index in [1.807, 2.05) is 0 Å². The highest BCUT2D eigenvalue weighted by Crippen LogP contribution is 2.14. The molecular formula is C11H14N4O2S. The summed E-state index contributed by atoms with van der Waals surface area (Å²) in [5, 5.41) is 14.5. The summed E-state index contributed by atoms with van der Waals surface area (Å²) in [6, 6.07) is 3.58. The van der Waals surface area contributed by atoms with Crippen LogP contribution in [0.4, 0.5) is 5.13 Å². The van der Waals surface area contributed by atoms with E-state index in [0.717, 1.165) is 13.0 Å². The lowest BCUT2D eigenvalue weighted by molar-refractivity contribution is 0.0947. The van der Waals surface area contributed by atoms with Crippen LogP contribution in [-0.4, -0.2) is 22.6 Å². The van der Waals surface area contributed by atoms with Gasteiger partial charge in [0.2, 0.25) is 10.1 Å². The van der Waals surface area contributed by atoms with Crippen LogP contribution in [-0.2, 0) is 6.54 Å². The van der Waals surface area contributed by atoms with Crippen LogP contribution >= 0.6 is 11.3 Å². The van der Waals surface area contributed by atoms with Crippen molar-refractivity contribution in [3.63, 3.8) is 0 Å². The lowest BCUT2D eigenvalue weighted by Gasteiger charge is -1.98. The van der Waals surface area contributed by atoms with Crippen LogP contribution in [0.2, 0.25) is 0 Å². The molecule has 6 nitrogen and oxygen atoms in total. The smallest absolute Gasteiger partial charge is 0.282 e. The Kier molecular flexibility index (Phi) is 4.30. The molecule has 0 unspecified atom stereocenters. The van der Waals surface area contributed by atoms with E-state index in [1.54, 1.807) is 18.4 Å². The lowest BCUT2D eigenvalue weighted by atomic mass is 10.4. The summed E-state index contributed by atoms with van der Waals surface area (Å²) in [6.45, 7) is 3.23. The molecule has 0 spiro atoms. The van der Waals surface area contributed by atoms with Crippen LogP contribution in [0.5, 0.6) is 0 Å². The summed E-state index contributed by atoms with van der Waals surface area (Å²) in [6.07, 6.45) is 2.57. The molecule has 0 atom stereocenters. The predicted octanol–water partition coefficient (Wildman–Crippen LogP) is 1.88. The molecule has 0 aliphatic heterocycles. The van der Waals surface area contributed by atoms with Gasteiger partial charge in [-0.05, 0) is 18.6 Å². The van der Waals surface area contributed by atoms with E-state index < -0.39 is 0 Å². The molecule has 0 aliphatic carbocycles. The Morgan fingerprint density at radius 1 is 1.50 bits per heavy atom. The highest BCUT2D eigenvalue weighted by Gasteiger charge is 2.12. The molecule has 0 radical (unpaired) electrons. The summed E-state index contributed by atoms with van der Waals surface area (Å²) in [5.74, 6) is 0.464. The number of hydrogen-bond donors (Lipinski definition) is 2. The molecule has 0 aromatic carbocycles. The van der Waals surface area contributed by atoms with Crippen molar-refractivity contribution in [3.8, 4) is 0 Å². The van der Waals surface area contributed by atoms with Crippen molar-refractivity contribution in [2.24, 2.45) is 0 Å². The summed E-state index contributed by atoms with van der Waals surface area (Å²) in [7, 11) is 0. The van der Waals surface area contributed by atoms with Gasteiger partial charge in [0, 0.05) is 6.54 Å². The molecule has 2 aromatic heterocycles. The van der Waals surface area contributed by atoms with Gasteiger partial charge in [-0.2, -0.15) is 0 Å². The number of hydrogen-bond acceptors (Lipinski definition) is 6. The highest BCUT2D eigenvalue weighted by atomic mass is 32.1. The number of aromatic nitrogens is 2. The molecule has 2 rings (SSSR count). The van der Waals surface area contributed by atoms with Crippen LogP contribution in [0.1, 0.15) is 28.9 Å². The maximum atomic E-state index is 11.8. The first-order chi connectivity index (χ1) is 8.79. The first-order valence-corrected chi connectivity index (χ1v) is 6.49. The molecule has 0 bridgehead atoms. The quantitative estimate of drug-likeness (QED) is 0.834. The normalized spacial score (nSPS) is 10.3. The molecule has 2 aromatic rings. The largest absolute Gasteiger partial charge is 0.467 e. The van der Waals surface area contributed by atoms with Crippen molar-refractivity contribution in [3.05, 3.63) is 29.2 Å². The number of anilines is 1. The zero-order valence-electron chi connectivity index (χ0n) is 9.97. The average molecular weight is 266 g/mol. The molecule has 2 heterocycles. The first-order valence-electron chi connectivity index (χ1n) is 5.67. The van der Waals surface area contributed by atoms with Crippen LogP contribution in [0.15, 0.2) is 22.8 Å². The van der Waals surface area contributed by atoms with Gasteiger partial charge in [-0.15, -0.1) is 10.2 Å². The number of nitrogens with zero attached hydrogens (tertiary/aromatic N) is 2. The number of rotatable bonds is 6. The molecule has 0 saturated heterocycles. The standard InChI is InChI=1S/C11H14N4O2S/c1-2-5-12-11-15-14-10(18-11)9(16)13-7-8-4-3-6-17-8/h3-4,6H,2,5,7H2,1H3,(H,12,15)(H,13,16). The number of amides is 1. The Hall–Kier alpha value is -1.89. The Bertz CT molecular complexity index is 495. The Morgan fingerprint density at radius 2 is 2.39 bits per heavy atom. The lowest BCUT2D eigenvalue weighted by Crippen LogP contribution is -2.22. The fourth-order valence-electron chi connectivity index (χ4n) is 1.27. The molecule has 96 valence electrons. The van der Waals surface area contributed by atoms with Crippen LogP contribution in [0.3, 0.4) is 0 Å². The van der Waals surface area contributed by atoms with Gasteiger partial charge in [0.25, 0.3) is 5.91 Å². The highest BCUT2D eigenvalue weighted by molar-refractivity contribution is 7.17. The SMILES string of the molecule is CCCNc1nnc(C(=O)NCc2ccco2)s1. The van der Waals surface area contributed by atoms with E-state index in [-0.39, 0.29) is 5.91 Å². The van der Waals surface area contributed by atoms with Gasteiger partial charge in [-0.25, -0.2) is 0 Å². The minimum atomic E-state index is -0.242. The van der Waals surface area contributed by atoms with Gasteiger partial charge >= 0.3 is 0 Å². The van der Waals surface area contributed by atoms with Crippen molar-refractivity contribution < 1.29 is 9.21 Å². The summed E-state index contributed by atoms with van der Waals surface area (Å²) in [4.78, 5) is 11.8. The van der Waals surface area contributed by atoms with Gasteiger partial charge in [-0.1, -0.05) is 18.3 Å². The van der Waals surface area contributed by atoms with E-state index in [0.29, 0.717) is 22.4 Å². The van der Waals surface area contributed by atoms with E-state index in [4.69, 9.17) is 4.42 Å². The second-order valence-electron chi connectivity index (χ2n) is 3.60. The van der Waals surface area contributed by atoms with Gasteiger partial charge in [0.15, 0.2) is 0 Å². The third-order valence-electron chi connectivity index (χ3n) is 2.15. The summed E-state index contributed by atoms with van der Waals surface area (Å²) in [5.41, 5.74) is 0. The van der Waals surface area contributed by atoms with E-state index in [9.17, 15) is 4.79 Å². The number of furan rings is 1. The Morgan fingerprint density at radius 3 is 3.11 bits per heavy atom. The number of carbonyl (C=O) groups excluding carboxylic acids is 1. The molecule has 18 heavy (non-hydrogen) atoms. The number of carbonyl (C=O) groups is 1. The second-order valence-corrected chi connectivity index (χ2v) is 4.58. The zero-order chi connectivity index (χ0) is 12.8. The molecule has 0 fully saturated rings. The predicted molar refractivity (Wildman–Crippen MR) is 68.6 cm³/mol. The maximum Gasteiger partial charge on any atom is 0.282 e. The first kappa shape index (κ1) is 12.6. The minimum absolute atomic E-state index is 0.242. The van der Waals surface area contributed by atoms with E-state index in [2.05, 4.69) is 27.8 Å². The molecular weight excluding hydrogens is 252 g/mol. The molecule has 0 saturated carbocycles. The monoisotopic (exact) mass is 266 g/mol. The van der Waals surface area contributed by atoms with Crippen molar-refractivity contribution in [2.75, 3.05) is 11.9 Å². The van der Waals surface area contributed by atoms with Gasteiger partial charge < -0.3 is 15.1 Å². The van der Waals surface area contributed by atoms with Crippen molar-refractivity contribution in [1.29, 1.82) is 0 Å². The Labute approximate surface area is 108 Å². The second kappa shape index (κ2) is 6.15. The van der Waals surface area contributed by atoms with Gasteiger partial charge in [0.1, 0.15) is 5.76 Å². The average Bonchev–Trinajstić information content (AvgIpc) is 3.04. The van der Waals surface area contributed by atoms with E-state index >= 15 is 0 Å². The maximum absolute atomic E-state index is 11.8. The summed E-state index contributed by atoms with van der Waals surface area (Å²) < 4.78 is 5.12. The zero-order valence-corrected chi connectivity index (χ0v) is 10.8. The van der Waals surface area contributed by atoms with Crippen LogP contribution in [0.25, 0.3) is 0 Å². The topological polar surface area (TPSA) is 80.0 Å². The molecule has 0 aliphatic rings. The van der Waals surface area contributed by atoms with Crippen molar-refractivity contribution in [2.45, 2.75) is 19.9 Å². The van der Waals surface area contributed by atoms with Crippen molar-refractivity contribution in [1.82, 2.24) is 15.5 Å². The summed E-state index contributed by atoms with van der Waals surface area (Å²) >= 11 is 1.24. The van der Waals surface area contributed by atoms with Gasteiger partial charge in [-0.3, -0.25) is 4.79 Å². The minimum Gasteiger partial charge on any atom is -0.467 e. The van der Waals surface area contributed by atoms with Crippen LogP contribution in [0, 0.1) is 0 Å². The number of nitrogens with one attached hydrogen (secondary N) is 2. The molecule has 2 N–H and O–H groups in total. The third-order valence-corrected chi connectivity index (χ3v) is 3.03. The van der Waals surface area contributed by atoms with E-state index in [1.165, 1.54) is 11.3 Å². The third kappa shape index (κ3) is 3.30.